The molecular weight excluding hydrogens is 310 g/mol. The summed E-state index contributed by atoms with van der Waals surface area (Å²) >= 11 is 0. The molecule has 1 fully saturated rings. The Morgan fingerprint density at radius 1 is 1.38 bits per heavy atom. The summed E-state index contributed by atoms with van der Waals surface area (Å²) in [5.41, 5.74) is 1.19. The van der Waals surface area contributed by atoms with Crippen molar-refractivity contribution in [2.24, 2.45) is 0 Å². The van der Waals surface area contributed by atoms with Crippen LogP contribution in [0.3, 0.4) is 0 Å². The first-order chi connectivity index (χ1) is 11.7. The van der Waals surface area contributed by atoms with Crippen LogP contribution in [0.2, 0.25) is 0 Å². The smallest absolute Gasteiger partial charge is 0.335 e. The van der Waals surface area contributed by atoms with Gasteiger partial charge in [0, 0.05) is 18.6 Å². The van der Waals surface area contributed by atoms with Gasteiger partial charge in [0.15, 0.2) is 0 Å². The van der Waals surface area contributed by atoms with E-state index in [4.69, 9.17) is 14.6 Å². The van der Waals surface area contributed by atoms with Crippen LogP contribution in [0.4, 0.5) is 5.82 Å². The fraction of sp³-hybridized carbons (Fsp3) is 0.353. The zero-order valence-electron chi connectivity index (χ0n) is 13.1. The van der Waals surface area contributed by atoms with E-state index in [9.17, 15) is 4.79 Å². The summed E-state index contributed by atoms with van der Waals surface area (Å²) in [4.78, 5) is 19.4. The van der Waals surface area contributed by atoms with Gasteiger partial charge in [-0.3, -0.25) is 0 Å². The Labute approximate surface area is 139 Å². The van der Waals surface area contributed by atoms with Crippen molar-refractivity contribution in [1.29, 1.82) is 0 Å². The van der Waals surface area contributed by atoms with Gasteiger partial charge in [-0.1, -0.05) is 6.07 Å². The molecule has 1 saturated heterocycles. The second kappa shape index (κ2) is 7.74. The number of aromatic carboxylic acids is 1. The molecule has 0 unspecified atom stereocenters. The highest BCUT2D eigenvalue weighted by atomic mass is 16.5. The van der Waals surface area contributed by atoms with Crippen LogP contribution >= 0.6 is 0 Å². The number of carboxylic acid groups (broad SMARTS) is 1. The molecule has 0 bridgehead atoms. The predicted octanol–water partition coefficient (Wildman–Crippen LogP) is 2.17. The lowest BCUT2D eigenvalue weighted by atomic mass is 10.1. The van der Waals surface area contributed by atoms with Gasteiger partial charge in [-0.05, 0) is 24.6 Å². The summed E-state index contributed by atoms with van der Waals surface area (Å²) < 4.78 is 10.9. The lowest BCUT2D eigenvalue weighted by Crippen LogP contribution is -2.13. The van der Waals surface area contributed by atoms with Gasteiger partial charge in [-0.25, -0.2) is 14.8 Å². The molecule has 1 aromatic heterocycles. The molecule has 7 heteroatoms. The molecule has 2 N–H and O–H groups in total. The van der Waals surface area contributed by atoms with Gasteiger partial charge in [0.2, 0.25) is 0 Å². The number of hydrogen-bond donors (Lipinski definition) is 2. The maximum Gasteiger partial charge on any atom is 0.335 e. The molecule has 0 radical (unpaired) electrons. The van der Waals surface area contributed by atoms with Gasteiger partial charge < -0.3 is 19.9 Å². The summed E-state index contributed by atoms with van der Waals surface area (Å²) in [7, 11) is 0. The number of hydrogen-bond acceptors (Lipinski definition) is 6. The molecular formula is C17H19N3O4. The van der Waals surface area contributed by atoms with Crippen LogP contribution in [0, 0.1) is 0 Å². The number of nitrogens with one attached hydrogen (secondary N) is 1. The lowest BCUT2D eigenvalue weighted by Gasteiger charge is -2.11. The van der Waals surface area contributed by atoms with Gasteiger partial charge in [0.05, 0.1) is 24.4 Å². The van der Waals surface area contributed by atoms with Crippen molar-refractivity contribution in [1.82, 2.24) is 9.97 Å². The van der Waals surface area contributed by atoms with Crippen molar-refractivity contribution in [3.05, 3.63) is 47.9 Å². The lowest BCUT2D eigenvalue weighted by molar-refractivity contribution is 0.0696. The zero-order valence-corrected chi connectivity index (χ0v) is 13.1. The third-order valence-electron chi connectivity index (χ3n) is 3.79. The van der Waals surface area contributed by atoms with Crippen LogP contribution in [0.15, 0.2) is 36.7 Å². The first-order valence-electron chi connectivity index (χ1n) is 7.82. The molecule has 0 saturated carbocycles. The van der Waals surface area contributed by atoms with Crippen LogP contribution in [0.1, 0.15) is 28.4 Å². The number of rotatable bonds is 7. The topological polar surface area (TPSA) is 93.6 Å². The molecule has 1 atom stereocenters. The Bertz CT molecular complexity index is 702. The third-order valence-corrected chi connectivity index (χ3v) is 3.79. The van der Waals surface area contributed by atoms with Crippen molar-refractivity contribution in [2.45, 2.75) is 12.3 Å². The highest BCUT2D eigenvalue weighted by molar-refractivity contribution is 5.87. The van der Waals surface area contributed by atoms with Gasteiger partial charge in [-0.2, -0.15) is 0 Å². The van der Waals surface area contributed by atoms with E-state index in [0.717, 1.165) is 24.5 Å². The van der Waals surface area contributed by atoms with Crippen LogP contribution in [0.5, 0.6) is 5.75 Å². The molecule has 2 heterocycles. The number of nitrogens with zero attached hydrogens (tertiary/aromatic N) is 2. The Kier molecular flexibility index (Phi) is 5.22. The Balaban J connectivity index is 1.49. The van der Waals surface area contributed by atoms with Gasteiger partial charge in [0.25, 0.3) is 0 Å². The van der Waals surface area contributed by atoms with Crippen molar-refractivity contribution in [3.63, 3.8) is 0 Å². The quantitative estimate of drug-likeness (QED) is 0.752. The minimum absolute atomic E-state index is 0.208. The van der Waals surface area contributed by atoms with E-state index < -0.39 is 5.97 Å². The highest BCUT2D eigenvalue weighted by Crippen LogP contribution is 2.24. The van der Waals surface area contributed by atoms with E-state index in [0.29, 0.717) is 31.4 Å². The Hall–Kier alpha value is -2.67. The predicted molar refractivity (Wildman–Crippen MR) is 87.6 cm³/mol. The average Bonchev–Trinajstić information content (AvgIpc) is 3.14. The van der Waals surface area contributed by atoms with Crippen LogP contribution in [0.25, 0.3) is 0 Å². The summed E-state index contributed by atoms with van der Waals surface area (Å²) in [6.45, 7) is 2.43. The summed E-state index contributed by atoms with van der Waals surface area (Å²) in [6, 6.07) is 8.36. The number of ether oxygens (including phenoxy) is 2. The minimum atomic E-state index is -0.969. The molecule has 1 aromatic carbocycles. The summed E-state index contributed by atoms with van der Waals surface area (Å²) in [5, 5.41) is 12.1. The summed E-state index contributed by atoms with van der Waals surface area (Å²) in [5.74, 6) is 0.643. The number of carboxylic acids is 1. The van der Waals surface area contributed by atoms with Crippen molar-refractivity contribution < 1.29 is 19.4 Å². The van der Waals surface area contributed by atoms with Gasteiger partial charge >= 0.3 is 5.97 Å². The molecule has 0 spiro atoms. The second-order valence-corrected chi connectivity index (χ2v) is 5.50. The number of aromatic nitrogens is 2. The molecule has 24 heavy (non-hydrogen) atoms. The monoisotopic (exact) mass is 329 g/mol. The van der Waals surface area contributed by atoms with E-state index in [1.165, 1.54) is 12.1 Å². The fourth-order valence-electron chi connectivity index (χ4n) is 2.53. The normalized spacial score (nSPS) is 16.8. The van der Waals surface area contributed by atoms with E-state index in [2.05, 4.69) is 15.3 Å². The van der Waals surface area contributed by atoms with Crippen molar-refractivity contribution >= 4 is 11.8 Å². The number of anilines is 1. The average molecular weight is 329 g/mol. The number of carbonyl (C=O) groups is 1. The first kappa shape index (κ1) is 16.2. The van der Waals surface area contributed by atoms with Crippen molar-refractivity contribution in [3.8, 4) is 5.75 Å². The van der Waals surface area contributed by atoms with E-state index in [1.807, 2.05) is 6.07 Å². The Morgan fingerprint density at radius 3 is 3.08 bits per heavy atom. The highest BCUT2D eigenvalue weighted by Gasteiger charge is 2.19. The zero-order chi connectivity index (χ0) is 16.8. The minimum Gasteiger partial charge on any atom is -0.492 e. The van der Waals surface area contributed by atoms with Gasteiger partial charge in [0.1, 0.15) is 24.5 Å². The van der Waals surface area contributed by atoms with Crippen LogP contribution < -0.4 is 10.1 Å². The van der Waals surface area contributed by atoms with Crippen molar-refractivity contribution in [2.75, 3.05) is 31.7 Å². The molecule has 3 rings (SSSR count). The van der Waals surface area contributed by atoms with E-state index in [1.54, 1.807) is 18.5 Å². The molecule has 0 aliphatic carbocycles. The standard InChI is InChI=1S/C17H19N3O4/c21-17(22)12-2-1-3-14(8-12)24-7-5-18-16-9-15(19-11-20-16)13-4-6-23-10-13/h1-3,8-9,11,13H,4-7,10H2,(H,21,22)(H,18,19,20)/t13-/m1/s1. The fourth-order valence-corrected chi connectivity index (χ4v) is 2.53. The van der Waals surface area contributed by atoms with Crippen LogP contribution in [-0.4, -0.2) is 47.4 Å². The molecule has 7 nitrogen and oxygen atoms in total. The first-order valence-corrected chi connectivity index (χ1v) is 7.82. The second-order valence-electron chi connectivity index (χ2n) is 5.50. The summed E-state index contributed by atoms with van der Waals surface area (Å²) in [6.07, 6.45) is 2.53. The molecule has 126 valence electrons. The maximum absolute atomic E-state index is 10.9. The molecule has 0 amide bonds. The maximum atomic E-state index is 10.9. The van der Waals surface area contributed by atoms with E-state index >= 15 is 0 Å². The molecule has 2 aromatic rings. The van der Waals surface area contributed by atoms with Gasteiger partial charge in [-0.15, -0.1) is 0 Å². The molecule has 1 aliphatic rings. The number of benzene rings is 1. The third kappa shape index (κ3) is 4.20. The SMILES string of the molecule is O=C(O)c1cccc(OCCNc2cc([C@@H]3CCOC3)ncn2)c1. The van der Waals surface area contributed by atoms with E-state index in [-0.39, 0.29) is 5.56 Å². The Morgan fingerprint density at radius 2 is 2.29 bits per heavy atom. The molecule has 1 aliphatic heterocycles. The largest absolute Gasteiger partial charge is 0.492 e. The van der Waals surface area contributed by atoms with Crippen LogP contribution in [-0.2, 0) is 4.74 Å².